The van der Waals surface area contributed by atoms with Gasteiger partial charge in [0.05, 0.1) is 5.60 Å². The largest absolute Gasteiger partial charge is 0.378 e. The molecule has 5 rings (SSSR count). The molecule has 4 bridgehead atoms. The highest BCUT2D eigenvalue weighted by Gasteiger charge is 2.53. The van der Waals surface area contributed by atoms with Crippen molar-refractivity contribution in [2.75, 3.05) is 7.11 Å². The molecular formula is C18H22O. The third-order valence-electron chi connectivity index (χ3n) is 5.64. The highest BCUT2D eigenvalue weighted by Crippen LogP contribution is 2.59. The second kappa shape index (κ2) is 4.21. The molecule has 4 fully saturated rings. The summed E-state index contributed by atoms with van der Waals surface area (Å²) in [5, 5.41) is 0. The van der Waals surface area contributed by atoms with Crippen LogP contribution in [0.3, 0.4) is 0 Å². The minimum Gasteiger partial charge on any atom is -0.378 e. The number of hydrogen-bond donors (Lipinski definition) is 0. The third-order valence-corrected chi connectivity index (χ3v) is 5.64. The lowest BCUT2D eigenvalue weighted by Gasteiger charge is -2.57. The SMILES string of the molecule is COC12CC3CC(C1)C(=Cc1ccccc1)C(C3)C2. The Balaban J connectivity index is 1.68. The number of allylic oxidation sites excluding steroid dienone is 1. The maximum Gasteiger partial charge on any atom is 0.0692 e. The zero-order valence-corrected chi connectivity index (χ0v) is 11.6. The Hall–Kier alpha value is -1.08. The van der Waals surface area contributed by atoms with E-state index in [1.54, 1.807) is 5.57 Å². The first-order valence-electron chi connectivity index (χ1n) is 7.60. The Morgan fingerprint density at radius 3 is 2.37 bits per heavy atom. The van der Waals surface area contributed by atoms with E-state index in [2.05, 4.69) is 36.4 Å². The van der Waals surface area contributed by atoms with E-state index in [1.807, 2.05) is 7.11 Å². The molecule has 1 aromatic carbocycles. The smallest absolute Gasteiger partial charge is 0.0692 e. The van der Waals surface area contributed by atoms with Gasteiger partial charge in [-0.25, -0.2) is 0 Å². The van der Waals surface area contributed by atoms with Gasteiger partial charge in [0.2, 0.25) is 0 Å². The molecule has 0 saturated heterocycles. The Morgan fingerprint density at radius 1 is 1.05 bits per heavy atom. The molecule has 100 valence electrons. The van der Waals surface area contributed by atoms with Crippen molar-refractivity contribution >= 4 is 6.08 Å². The van der Waals surface area contributed by atoms with Crippen LogP contribution in [0.25, 0.3) is 6.08 Å². The highest BCUT2D eigenvalue weighted by atomic mass is 16.5. The molecule has 0 spiro atoms. The first-order valence-corrected chi connectivity index (χ1v) is 7.60. The number of rotatable bonds is 2. The number of benzene rings is 1. The fourth-order valence-corrected chi connectivity index (χ4v) is 4.98. The van der Waals surface area contributed by atoms with Crippen LogP contribution in [-0.4, -0.2) is 12.7 Å². The van der Waals surface area contributed by atoms with Gasteiger partial charge in [0.15, 0.2) is 0 Å². The molecule has 0 heterocycles. The summed E-state index contributed by atoms with van der Waals surface area (Å²) < 4.78 is 5.92. The Morgan fingerprint density at radius 2 is 1.74 bits per heavy atom. The van der Waals surface area contributed by atoms with Crippen molar-refractivity contribution in [3.63, 3.8) is 0 Å². The third kappa shape index (κ3) is 1.87. The minimum absolute atomic E-state index is 0.227. The Bertz CT molecular complexity index is 484. The topological polar surface area (TPSA) is 9.23 Å². The van der Waals surface area contributed by atoms with Crippen molar-refractivity contribution in [3.8, 4) is 0 Å². The van der Waals surface area contributed by atoms with Crippen LogP contribution in [0.15, 0.2) is 35.9 Å². The lowest BCUT2D eigenvalue weighted by atomic mass is 9.52. The zero-order chi connectivity index (χ0) is 12.9. The van der Waals surface area contributed by atoms with Crippen molar-refractivity contribution < 1.29 is 4.74 Å². The van der Waals surface area contributed by atoms with Crippen LogP contribution < -0.4 is 0 Å². The summed E-state index contributed by atoms with van der Waals surface area (Å²) in [5.41, 5.74) is 3.32. The van der Waals surface area contributed by atoms with Crippen LogP contribution >= 0.6 is 0 Å². The van der Waals surface area contributed by atoms with Gasteiger partial charge >= 0.3 is 0 Å². The summed E-state index contributed by atoms with van der Waals surface area (Å²) in [6.07, 6.45) is 9.11. The van der Waals surface area contributed by atoms with Crippen molar-refractivity contribution in [2.45, 2.75) is 37.7 Å². The quantitative estimate of drug-likeness (QED) is 0.764. The van der Waals surface area contributed by atoms with Gasteiger partial charge in [-0.05, 0) is 55.4 Å². The maximum atomic E-state index is 5.92. The molecule has 0 aromatic heterocycles. The first kappa shape index (κ1) is 11.7. The predicted molar refractivity (Wildman–Crippen MR) is 77.7 cm³/mol. The number of hydrogen-bond acceptors (Lipinski definition) is 1. The second-order valence-electron chi connectivity index (χ2n) is 6.79. The van der Waals surface area contributed by atoms with E-state index in [4.69, 9.17) is 4.74 Å². The predicted octanol–water partition coefficient (Wildman–Crippen LogP) is 4.30. The molecule has 4 aliphatic carbocycles. The first-order chi connectivity index (χ1) is 9.28. The van der Waals surface area contributed by atoms with Crippen LogP contribution in [0.4, 0.5) is 0 Å². The molecule has 2 unspecified atom stereocenters. The molecular weight excluding hydrogens is 232 g/mol. The average Bonchev–Trinajstić information content (AvgIpc) is 2.43. The molecule has 4 saturated carbocycles. The maximum absolute atomic E-state index is 5.92. The standard InChI is InChI=1S/C18H22O/c1-19-18-10-14-7-15(11-18)17(16(8-14)12-18)9-13-5-3-2-4-6-13/h2-6,9,14-16H,7-8,10-12H2,1H3. The van der Waals surface area contributed by atoms with Crippen molar-refractivity contribution in [3.05, 3.63) is 41.5 Å². The molecule has 4 aliphatic rings. The van der Waals surface area contributed by atoms with Crippen LogP contribution in [-0.2, 0) is 4.74 Å². The van der Waals surface area contributed by atoms with E-state index in [-0.39, 0.29) is 5.60 Å². The minimum atomic E-state index is 0.227. The molecule has 0 amide bonds. The van der Waals surface area contributed by atoms with Gasteiger partial charge in [0.1, 0.15) is 0 Å². The van der Waals surface area contributed by atoms with Crippen LogP contribution in [0.2, 0.25) is 0 Å². The molecule has 2 atom stereocenters. The molecule has 19 heavy (non-hydrogen) atoms. The van der Waals surface area contributed by atoms with Gasteiger partial charge in [-0.2, -0.15) is 0 Å². The normalized spacial score (nSPS) is 39.6. The van der Waals surface area contributed by atoms with Crippen molar-refractivity contribution in [2.24, 2.45) is 17.8 Å². The van der Waals surface area contributed by atoms with E-state index < -0.39 is 0 Å². The fraction of sp³-hybridized carbons (Fsp3) is 0.556. The number of ether oxygens (including phenoxy) is 1. The lowest BCUT2D eigenvalue weighted by Crippen LogP contribution is -2.52. The lowest BCUT2D eigenvalue weighted by molar-refractivity contribution is -0.124. The summed E-state index contributed by atoms with van der Waals surface area (Å²) in [5.74, 6) is 2.49. The van der Waals surface area contributed by atoms with E-state index in [1.165, 1.54) is 37.7 Å². The molecule has 0 N–H and O–H groups in total. The zero-order valence-electron chi connectivity index (χ0n) is 11.6. The molecule has 1 heteroatoms. The Kier molecular flexibility index (Phi) is 2.60. The summed E-state index contributed by atoms with van der Waals surface area (Å²) in [6, 6.07) is 10.8. The fourth-order valence-electron chi connectivity index (χ4n) is 4.98. The van der Waals surface area contributed by atoms with Gasteiger partial charge in [0.25, 0.3) is 0 Å². The molecule has 1 aromatic rings. The summed E-state index contributed by atoms with van der Waals surface area (Å²) >= 11 is 0. The average molecular weight is 254 g/mol. The van der Waals surface area contributed by atoms with Crippen molar-refractivity contribution in [1.82, 2.24) is 0 Å². The highest BCUT2D eigenvalue weighted by molar-refractivity contribution is 5.55. The molecule has 1 nitrogen and oxygen atoms in total. The molecule has 0 radical (unpaired) electrons. The van der Waals surface area contributed by atoms with Crippen LogP contribution in [0.5, 0.6) is 0 Å². The van der Waals surface area contributed by atoms with Gasteiger partial charge in [-0.3, -0.25) is 0 Å². The van der Waals surface area contributed by atoms with E-state index >= 15 is 0 Å². The Labute approximate surface area is 115 Å². The summed E-state index contributed by atoms with van der Waals surface area (Å²) in [7, 11) is 1.92. The van der Waals surface area contributed by atoms with Gasteiger partial charge < -0.3 is 4.74 Å². The van der Waals surface area contributed by atoms with Crippen LogP contribution in [0.1, 0.15) is 37.7 Å². The van der Waals surface area contributed by atoms with Gasteiger partial charge in [-0.1, -0.05) is 42.0 Å². The van der Waals surface area contributed by atoms with E-state index in [0.29, 0.717) is 0 Å². The van der Waals surface area contributed by atoms with Crippen LogP contribution in [0, 0.1) is 17.8 Å². The monoisotopic (exact) mass is 254 g/mol. The van der Waals surface area contributed by atoms with Gasteiger partial charge in [-0.15, -0.1) is 0 Å². The summed E-state index contributed by atoms with van der Waals surface area (Å²) in [6.45, 7) is 0. The van der Waals surface area contributed by atoms with E-state index in [0.717, 1.165) is 17.8 Å². The summed E-state index contributed by atoms with van der Waals surface area (Å²) in [4.78, 5) is 0. The van der Waals surface area contributed by atoms with Gasteiger partial charge in [0, 0.05) is 7.11 Å². The second-order valence-corrected chi connectivity index (χ2v) is 6.79. The number of methoxy groups -OCH3 is 1. The van der Waals surface area contributed by atoms with Crippen molar-refractivity contribution in [1.29, 1.82) is 0 Å². The van der Waals surface area contributed by atoms with E-state index in [9.17, 15) is 0 Å². The molecule has 0 aliphatic heterocycles.